The molecule has 0 radical (unpaired) electrons. The van der Waals surface area contributed by atoms with Crippen molar-refractivity contribution in [2.75, 3.05) is 7.11 Å². The monoisotopic (exact) mass is 235 g/mol. The third-order valence-electron chi connectivity index (χ3n) is 2.88. The normalized spacial score (nSPS) is 12.8. The predicted molar refractivity (Wildman–Crippen MR) is 73.5 cm³/mol. The summed E-state index contributed by atoms with van der Waals surface area (Å²) >= 11 is 0. The Morgan fingerprint density at radius 1 is 1.29 bits per heavy atom. The van der Waals surface area contributed by atoms with Gasteiger partial charge in [0.15, 0.2) is 0 Å². The summed E-state index contributed by atoms with van der Waals surface area (Å²) in [5.74, 6) is 0.939. The fraction of sp³-hybridized carbons (Fsp3) is 0.600. The molecule has 1 aromatic rings. The molecule has 0 aromatic heterocycles. The largest absolute Gasteiger partial charge is 0.497 e. The second-order valence-electron chi connectivity index (χ2n) is 4.79. The van der Waals surface area contributed by atoms with Crippen molar-refractivity contribution in [1.29, 1.82) is 0 Å². The Morgan fingerprint density at radius 3 is 2.65 bits per heavy atom. The number of hydrogen-bond donors (Lipinski definition) is 1. The molecule has 0 fully saturated rings. The van der Waals surface area contributed by atoms with Crippen LogP contribution in [0.3, 0.4) is 0 Å². The molecule has 0 saturated heterocycles. The van der Waals surface area contributed by atoms with Crippen molar-refractivity contribution in [2.24, 2.45) is 0 Å². The molecular formula is C15H25NO. The maximum absolute atomic E-state index is 5.29. The first-order valence-corrected chi connectivity index (χ1v) is 6.57. The van der Waals surface area contributed by atoms with Crippen LogP contribution in [0, 0.1) is 0 Å². The number of ether oxygens (including phenoxy) is 1. The van der Waals surface area contributed by atoms with Gasteiger partial charge in [0.2, 0.25) is 0 Å². The van der Waals surface area contributed by atoms with Gasteiger partial charge in [-0.25, -0.2) is 0 Å². The first-order chi connectivity index (χ1) is 8.17. The van der Waals surface area contributed by atoms with E-state index in [1.807, 2.05) is 6.07 Å². The highest BCUT2D eigenvalue weighted by Gasteiger charge is 2.12. The molecular weight excluding hydrogens is 210 g/mol. The number of nitrogens with one attached hydrogen (secondary N) is 1. The van der Waals surface area contributed by atoms with Crippen LogP contribution in [-0.2, 0) is 0 Å². The fourth-order valence-electron chi connectivity index (χ4n) is 2.02. The van der Waals surface area contributed by atoms with E-state index in [0.29, 0.717) is 12.1 Å². The van der Waals surface area contributed by atoms with Gasteiger partial charge in [0, 0.05) is 12.1 Å². The van der Waals surface area contributed by atoms with Gasteiger partial charge in [-0.1, -0.05) is 45.7 Å². The zero-order valence-electron chi connectivity index (χ0n) is 11.5. The number of hydrogen-bond acceptors (Lipinski definition) is 2. The predicted octanol–water partition coefficient (Wildman–Crippen LogP) is 3.92. The summed E-state index contributed by atoms with van der Waals surface area (Å²) in [5.41, 5.74) is 1.33. The molecule has 0 heterocycles. The Balaban J connectivity index is 2.78. The Morgan fingerprint density at radius 2 is 2.06 bits per heavy atom. The second kappa shape index (κ2) is 7.33. The molecule has 1 unspecified atom stereocenters. The van der Waals surface area contributed by atoms with Crippen LogP contribution in [0.4, 0.5) is 0 Å². The Kier molecular flexibility index (Phi) is 6.06. The summed E-state index contributed by atoms with van der Waals surface area (Å²) in [7, 11) is 1.72. The molecule has 0 saturated carbocycles. The average molecular weight is 235 g/mol. The van der Waals surface area contributed by atoms with E-state index < -0.39 is 0 Å². The number of rotatable bonds is 7. The fourth-order valence-corrected chi connectivity index (χ4v) is 2.02. The minimum absolute atomic E-state index is 0.435. The summed E-state index contributed by atoms with van der Waals surface area (Å²) < 4.78 is 5.29. The van der Waals surface area contributed by atoms with Gasteiger partial charge in [0.05, 0.1) is 7.11 Å². The van der Waals surface area contributed by atoms with Crippen LogP contribution in [0.2, 0.25) is 0 Å². The van der Waals surface area contributed by atoms with Crippen molar-refractivity contribution in [2.45, 2.75) is 52.1 Å². The molecule has 0 aliphatic rings. The lowest BCUT2D eigenvalue weighted by Gasteiger charge is -2.22. The Labute approximate surface area is 105 Å². The molecule has 1 aromatic carbocycles. The van der Waals surface area contributed by atoms with Crippen LogP contribution in [0.1, 0.15) is 51.6 Å². The van der Waals surface area contributed by atoms with Gasteiger partial charge >= 0.3 is 0 Å². The lowest BCUT2D eigenvalue weighted by molar-refractivity contribution is 0.408. The van der Waals surface area contributed by atoms with Crippen molar-refractivity contribution in [3.05, 3.63) is 29.8 Å². The van der Waals surface area contributed by atoms with Crippen LogP contribution < -0.4 is 10.1 Å². The van der Waals surface area contributed by atoms with Gasteiger partial charge in [-0.15, -0.1) is 0 Å². The van der Waals surface area contributed by atoms with Crippen LogP contribution in [0.5, 0.6) is 5.75 Å². The summed E-state index contributed by atoms with van der Waals surface area (Å²) in [6.07, 6.45) is 3.67. The molecule has 0 aliphatic carbocycles. The smallest absolute Gasteiger partial charge is 0.119 e. The number of methoxy groups -OCH3 is 1. The van der Waals surface area contributed by atoms with E-state index in [1.54, 1.807) is 7.11 Å². The van der Waals surface area contributed by atoms with E-state index in [9.17, 15) is 0 Å². The number of unbranched alkanes of at least 4 members (excludes halogenated alkanes) is 1. The van der Waals surface area contributed by atoms with Crippen LogP contribution >= 0.6 is 0 Å². The Bertz CT molecular complexity index is 322. The van der Waals surface area contributed by atoms with Gasteiger partial charge in [-0.3, -0.25) is 0 Å². The van der Waals surface area contributed by atoms with Crippen molar-refractivity contribution in [1.82, 2.24) is 5.32 Å². The summed E-state index contributed by atoms with van der Waals surface area (Å²) in [6.45, 7) is 6.62. The molecule has 0 amide bonds. The minimum atomic E-state index is 0.435. The highest BCUT2D eigenvalue weighted by atomic mass is 16.5. The van der Waals surface area contributed by atoms with Crippen molar-refractivity contribution >= 4 is 0 Å². The molecule has 1 atom stereocenters. The molecule has 0 bridgehead atoms. The SMILES string of the molecule is CCCCC(NC(C)C)c1cccc(OC)c1. The van der Waals surface area contributed by atoms with Crippen molar-refractivity contribution in [3.63, 3.8) is 0 Å². The van der Waals surface area contributed by atoms with Gasteiger partial charge in [0.1, 0.15) is 5.75 Å². The van der Waals surface area contributed by atoms with Crippen molar-refractivity contribution in [3.8, 4) is 5.75 Å². The van der Waals surface area contributed by atoms with Gasteiger partial charge in [-0.05, 0) is 24.1 Å². The topological polar surface area (TPSA) is 21.3 Å². The summed E-state index contributed by atoms with van der Waals surface area (Å²) in [4.78, 5) is 0. The average Bonchev–Trinajstić information content (AvgIpc) is 2.34. The maximum atomic E-state index is 5.29. The van der Waals surface area contributed by atoms with Gasteiger partial charge in [-0.2, -0.15) is 0 Å². The van der Waals surface area contributed by atoms with E-state index in [1.165, 1.54) is 24.8 Å². The summed E-state index contributed by atoms with van der Waals surface area (Å²) in [6, 6.07) is 9.31. The highest BCUT2D eigenvalue weighted by molar-refractivity contribution is 5.30. The maximum Gasteiger partial charge on any atom is 0.119 e. The molecule has 0 aliphatic heterocycles. The first-order valence-electron chi connectivity index (χ1n) is 6.57. The molecule has 17 heavy (non-hydrogen) atoms. The van der Waals surface area contributed by atoms with Gasteiger partial charge in [0.25, 0.3) is 0 Å². The zero-order chi connectivity index (χ0) is 12.7. The third-order valence-corrected chi connectivity index (χ3v) is 2.88. The molecule has 1 N–H and O–H groups in total. The van der Waals surface area contributed by atoms with Crippen LogP contribution in [0.15, 0.2) is 24.3 Å². The quantitative estimate of drug-likeness (QED) is 0.773. The van der Waals surface area contributed by atoms with E-state index >= 15 is 0 Å². The summed E-state index contributed by atoms with van der Waals surface area (Å²) in [5, 5.41) is 3.63. The van der Waals surface area contributed by atoms with Crippen molar-refractivity contribution < 1.29 is 4.74 Å². The van der Waals surface area contributed by atoms with E-state index in [2.05, 4.69) is 44.3 Å². The minimum Gasteiger partial charge on any atom is -0.497 e. The van der Waals surface area contributed by atoms with E-state index in [0.717, 1.165) is 5.75 Å². The number of benzene rings is 1. The molecule has 1 rings (SSSR count). The highest BCUT2D eigenvalue weighted by Crippen LogP contribution is 2.23. The molecule has 2 heteroatoms. The standard InChI is InChI=1S/C15H25NO/c1-5-6-10-15(16-12(2)3)13-8-7-9-14(11-13)17-4/h7-9,11-12,15-16H,5-6,10H2,1-4H3. The second-order valence-corrected chi connectivity index (χ2v) is 4.79. The third kappa shape index (κ3) is 4.78. The van der Waals surface area contributed by atoms with Crippen LogP contribution in [-0.4, -0.2) is 13.2 Å². The lowest BCUT2D eigenvalue weighted by Crippen LogP contribution is -2.28. The Hall–Kier alpha value is -1.02. The first kappa shape index (κ1) is 14.0. The van der Waals surface area contributed by atoms with Crippen LogP contribution in [0.25, 0.3) is 0 Å². The van der Waals surface area contributed by atoms with E-state index in [-0.39, 0.29) is 0 Å². The van der Waals surface area contributed by atoms with E-state index in [4.69, 9.17) is 4.74 Å². The lowest BCUT2D eigenvalue weighted by atomic mass is 10.00. The molecule has 2 nitrogen and oxygen atoms in total. The zero-order valence-corrected chi connectivity index (χ0v) is 11.5. The molecule has 0 spiro atoms. The van der Waals surface area contributed by atoms with Gasteiger partial charge < -0.3 is 10.1 Å². The molecule has 96 valence electrons.